The average molecular weight is 373 g/mol. The van der Waals surface area contributed by atoms with Gasteiger partial charge in [0.25, 0.3) is 0 Å². The lowest BCUT2D eigenvalue weighted by molar-refractivity contribution is -0.122. The van der Waals surface area contributed by atoms with E-state index in [4.69, 9.17) is 16.3 Å². The van der Waals surface area contributed by atoms with Crippen molar-refractivity contribution in [1.29, 1.82) is 0 Å². The lowest BCUT2D eigenvalue weighted by Gasteiger charge is -2.24. The molecule has 0 bridgehead atoms. The first-order valence-corrected chi connectivity index (χ1v) is 9.51. The Bertz CT molecular complexity index is 733. The summed E-state index contributed by atoms with van der Waals surface area (Å²) in [6.45, 7) is 4.51. The van der Waals surface area contributed by atoms with Crippen LogP contribution in [0.3, 0.4) is 0 Å². The fraction of sp³-hybridized carbons (Fsp3) is 0.381. The number of ether oxygens (including phenoxy) is 1. The van der Waals surface area contributed by atoms with Crippen LogP contribution in [0.15, 0.2) is 48.5 Å². The van der Waals surface area contributed by atoms with Gasteiger partial charge < -0.3 is 10.1 Å². The highest BCUT2D eigenvalue weighted by Crippen LogP contribution is 2.32. The van der Waals surface area contributed by atoms with Gasteiger partial charge >= 0.3 is 0 Å². The number of halogens is 1. The molecule has 1 aliphatic heterocycles. The number of carbonyl (C=O) groups is 1. The SMILES string of the molecule is CCOc1ccc([C@@H]2CCCN2CC(=O)NCc2cccc(Cl)c2)cc1. The van der Waals surface area contributed by atoms with Crippen LogP contribution in [-0.4, -0.2) is 30.5 Å². The lowest BCUT2D eigenvalue weighted by Crippen LogP contribution is -2.36. The van der Waals surface area contributed by atoms with Gasteiger partial charge in [0.05, 0.1) is 13.2 Å². The summed E-state index contributed by atoms with van der Waals surface area (Å²) >= 11 is 5.99. The second-order valence-electron chi connectivity index (χ2n) is 6.54. The van der Waals surface area contributed by atoms with Gasteiger partial charge in [-0.2, -0.15) is 0 Å². The molecule has 1 aliphatic rings. The van der Waals surface area contributed by atoms with Crippen LogP contribution in [-0.2, 0) is 11.3 Å². The Kier molecular flexibility index (Phi) is 6.53. The van der Waals surface area contributed by atoms with E-state index < -0.39 is 0 Å². The van der Waals surface area contributed by atoms with E-state index in [2.05, 4.69) is 22.3 Å². The second-order valence-corrected chi connectivity index (χ2v) is 6.97. The van der Waals surface area contributed by atoms with Gasteiger partial charge in [0.15, 0.2) is 0 Å². The summed E-state index contributed by atoms with van der Waals surface area (Å²) in [4.78, 5) is 14.6. The van der Waals surface area contributed by atoms with Gasteiger partial charge in [-0.1, -0.05) is 35.9 Å². The molecule has 1 atom stereocenters. The molecule has 1 N–H and O–H groups in total. The summed E-state index contributed by atoms with van der Waals surface area (Å²) in [7, 11) is 0. The number of carbonyl (C=O) groups excluding carboxylic acids is 1. The van der Waals surface area contributed by atoms with Crippen molar-refractivity contribution in [3.8, 4) is 5.75 Å². The maximum Gasteiger partial charge on any atom is 0.234 e. The molecule has 1 amide bonds. The highest BCUT2D eigenvalue weighted by molar-refractivity contribution is 6.30. The Balaban J connectivity index is 1.55. The first kappa shape index (κ1) is 18.7. The van der Waals surface area contributed by atoms with E-state index in [0.717, 1.165) is 30.7 Å². The Labute approximate surface area is 160 Å². The summed E-state index contributed by atoms with van der Waals surface area (Å²) in [5, 5.41) is 3.68. The fourth-order valence-corrected chi connectivity index (χ4v) is 3.65. The average Bonchev–Trinajstić information content (AvgIpc) is 3.09. The zero-order chi connectivity index (χ0) is 18.4. The van der Waals surface area contributed by atoms with Crippen molar-refractivity contribution in [2.75, 3.05) is 19.7 Å². The third-order valence-electron chi connectivity index (χ3n) is 4.66. The van der Waals surface area contributed by atoms with Crippen molar-refractivity contribution >= 4 is 17.5 Å². The van der Waals surface area contributed by atoms with Gasteiger partial charge in [-0.15, -0.1) is 0 Å². The zero-order valence-corrected chi connectivity index (χ0v) is 15.8. The van der Waals surface area contributed by atoms with Gasteiger partial charge in [0, 0.05) is 17.6 Å². The molecule has 0 spiro atoms. The maximum atomic E-state index is 12.4. The van der Waals surface area contributed by atoms with E-state index in [1.54, 1.807) is 0 Å². The molecule has 4 nitrogen and oxygen atoms in total. The van der Waals surface area contributed by atoms with Crippen molar-refractivity contribution in [3.63, 3.8) is 0 Å². The van der Waals surface area contributed by atoms with Crippen molar-refractivity contribution in [2.45, 2.75) is 32.4 Å². The molecule has 2 aromatic rings. The van der Waals surface area contributed by atoms with Crippen LogP contribution in [0.2, 0.25) is 5.02 Å². The Morgan fingerprint density at radius 3 is 2.81 bits per heavy atom. The molecule has 26 heavy (non-hydrogen) atoms. The van der Waals surface area contributed by atoms with Gasteiger partial charge in [-0.05, 0) is 61.7 Å². The number of nitrogens with zero attached hydrogens (tertiary/aromatic N) is 1. The number of nitrogens with one attached hydrogen (secondary N) is 1. The smallest absolute Gasteiger partial charge is 0.234 e. The van der Waals surface area contributed by atoms with E-state index in [1.807, 2.05) is 43.3 Å². The molecular weight excluding hydrogens is 348 g/mol. The Morgan fingerprint density at radius 2 is 2.08 bits per heavy atom. The van der Waals surface area contributed by atoms with Crippen molar-refractivity contribution in [3.05, 3.63) is 64.7 Å². The molecule has 1 heterocycles. The molecule has 0 radical (unpaired) electrons. The third kappa shape index (κ3) is 4.99. The van der Waals surface area contributed by atoms with Crippen LogP contribution in [0, 0.1) is 0 Å². The molecule has 1 saturated heterocycles. The number of benzene rings is 2. The second kappa shape index (κ2) is 9.06. The standard InChI is InChI=1S/C21H25ClN2O2/c1-2-26-19-10-8-17(9-11-19)20-7-4-12-24(20)15-21(25)23-14-16-5-3-6-18(22)13-16/h3,5-6,8-11,13,20H,2,4,7,12,14-15H2,1H3,(H,23,25)/t20-/m0/s1. The highest BCUT2D eigenvalue weighted by Gasteiger charge is 2.27. The minimum atomic E-state index is 0.0443. The summed E-state index contributed by atoms with van der Waals surface area (Å²) in [5.74, 6) is 0.933. The molecular formula is C21H25ClN2O2. The Hall–Kier alpha value is -2.04. The van der Waals surface area contributed by atoms with Gasteiger partial charge in [-0.3, -0.25) is 9.69 Å². The minimum absolute atomic E-state index is 0.0443. The first-order chi connectivity index (χ1) is 12.7. The molecule has 0 saturated carbocycles. The van der Waals surface area contributed by atoms with Crippen molar-refractivity contribution in [2.24, 2.45) is 0 Å². The lowest BCUT2D eigenvalue weighted by atomic mass is 10.0. The largest absolute Gasteiger partial charge is 0.494 e. The molecule has 5 heteroatoms. The van der Waals surface area contributed by atoms with Gasteiger partial charge in [0.2, 0.25) is 5.91 Å². The predicted molar refractivity (Wildman–Crippen MR) is 104 cm³/mol. The van der Waals surface area contributed by atoms with E-state index in [1.165, 1.54) is 5.56 Å². The normalized spacial score (nSPS) is 17.2. The molecule has 0 aromatic heterocycles. The van der Waals surface area contributed by atoms with Crippen molar-refractivity contribution < 1.29 is 9.53 Å². The van der Waals surface area contributed by atoms with E-state index >= 15 is 0 Å². The van der Waals surface area contributed by atoms with Crippen LogP contribution in [0.5, 0.6) is 5.75 Å². The monoisotopic (exact) mass is 372 g/mol. The van der Waals surface area contributed by atoms with Crippen LogP contribution < -0.4 is 10.1 Å². The summed E-state index contributed by atoms with van der Waals surface area (Å²) in [6, 6.07) is 16.1. The molecule has 0 aliphatic carbocycles. The zero-order valence-electron chi connectivity index (χ0n) is 15.1. The number of amides is 1. The van der Waals surface area contributed by atoms with Crippen molar-refractivity contribution in [1.82, 2.24) is 10.2 Å². The number of likely N-dealkylation sites (tertiary alicyclic amines) is 1. The number of rotatable bonds is 7. The quantitative estimate of drug-likeness (QED) is 0.792. The van der Waals surface area contributed by atoms with Gasteiger partial charge in [0.1, 0.15) is 5.75 Å². The van der Waals surface area contributed by atoms with E-state index in [-0.39, 0.29) is 5.91 Å². The summed E-state index contributed by atoms with van der Waals surface area (Å²) in [6.07, 6.45) is 2.19. The van der Waals surface area contributed by atoms with E-state index in [0.29, 0.717) is 30.8 Å². The molecule has 3 rings (SSSR count). The first-order valence-electron chi connectivity index (χ1n) is 9.13. The van der Waals surface area contributed by atoms with Gasteiger partial charge in [-0.25, -0.2) is 0 Å². The molecule has 1 fully saturated rings. The van der Waals surface area contributed by atoms with Crippen LogP contribution in [0.25, 0.3) is 0 Å². The number of hydrogen-bond donors (Lipinski definition) is 1. The summed E-state index contributed by atoms with van der Waals surface area (Å²) < 4.78 is 5.51. The fourth-order valence-electron chi connectivity index (χ4n) is 3.43. The summed E-state index contributed by atoms with van der Waals surface area (Å²) in [5.41, 5.74) is 2.25. The Morgan fingerprint density at radius 1 is 1.27 bits per heavy atom. The van der Waals surface area contributed by atoms with Crippen LogP contribution >= 0.6 is 11.6 Å². The minimum Gasteiger partial charge on any atom is -0.494 e. The third-order valence-corrected chi connectivity index (χ3v) is 4.90. The maximum absolute atomic E-state index is 12.4. The van der Waals surface area contributed by atoms with E-state index in [9.17, 15) is 4.79 Å². The molecule has 0 unspecified atom stereocenters. The number of hydrogen-bond acceptors (Lipinski definition) is 3. The highest BCUT2D eigenvalue weighted by atomic mass is 35.5. The predicted octanol–water partition coefficient (Wildman–Crippen LogP) is 4.19. The van der Waals surface area contributed by atoms with Crippen LogP contribution in [0.4, 0.5) is 0 Å². The molecule has 2 aromatic carbocycles. The van der Waals surface area contributed by atoms with Crippen LogP contribution in [0.1, 0.15) is 36.9 Å². The molecule has 138 valence electrons. The topological polar surface area (TPSA) is 41.6 Å².